The van der Waals surface area contributed by atoms with Gasteiger partial charge in [0.1, 0.15) is 0 Å². The van der Waals surface area contributed by atoms with Crippen LogP contribution in [0.25, 0.3) is 0 Å². The molecule has 9 atom stereocenters. The summed E-state index contributed by atoms with van der Waals surface area (Å²) in [5.74, 6) is -4.33. The molecule has 0 saturated carbocycles. The minimum absolute atomic E-state index is 0.00724. The molecule has 12 amide bonds. The molecule has 92 heavy (non-hydrogen) atoms. The van der Waals surface area contributed by atoms with E-state index in [-0.39, 0.29) is 114 Å². The highest BCUT2D eigenvalue weighted by Gasteiger charge is 2.32. The summed E-state index contributed by atoms with van der Waals surface area (Å²) in [5, 5.41) is 32.5. The number of rotatable bonds is 26. The van der Waals surface area contributed by atoms with Gasteiger partial charge in [0, 0.05) is 95.9 Å². The zero-order valence-electron chi connectivity index (χ0n) is 56.9. The number of ketones is 3. The summed E-state index contributed by atoms with van der Waals surface area (Å²) in [6, 6.07) is -4.30. The molecule has 0 aromatic carbocycles. The van der Waals surface area contributed by atoms with Gasteiger partial charge in [-0.1, -0.05) is 161 Å². The normalized spacial score (nSPS) is 23.0. The van der Waals surface area contributed by atoms with Crippen molar-refractivity contribution in [1.82, 2.24) is 63.8 Å². The molecule has 0 aromatic heterocycles. The second-order valence-corrected chi connectivity index (χ2v) is 24.5. The van der Waals surface area contributed by atoms with Crippen LogP contribution in [0.15, 0.2) is 72.9 Å². The molecule has 1 unspecified atom stereocenters. The van der Waals surface area contributed by atoms with Crippen LogP contribution in [0.1, 0.15) is 172 Å². The Labute approximate surface area is 547 Å². The van der Waals surface area contributed by atoms with E-state index in [0.29, 0.717) is 45.4 Å². The van der Waals surface area contributed by atoms with Crippen LogP contribution in [-0.4, -0.2) is 147 Å². The van der Waals surface area contributed by atoms with E-state index in [1.165, 1.54) is 83.7 Å². The highest BCUT2D eigenvalue weighted by molar-refractivity contribution is 5.96. The first-order chi connectivity index (χ1) is 43.7. The minimum Gasteiger partial charge on any atom is -0.352 e. The summed E-state index contributed by atoms with van der Waals surface area (Å²) in [6.45, 7) is 20.6. The molecule has 3 heterocycles. The Morgan fingerprint density at radius 2 is 0.707 bits per heavy atom. The molecule has 0 spiro atoms. The third kappa shape index (κ3) is 37.4. The second-order valence-electron chi connectivity index (χ2n) is 24.5. The molecule has 0 bridgehead atoms. The summed E-state index contributed by atoms with van der Waals surface area (Å²) in [4.78, 5) is 147. The van der Waals surface area contributed by atoms with Crippen LogP contribution in [0.3, 0.4) is 0 Å². The van der Waals surface area contributed by atoms with Crippen molar-refractivity contribution >= 4 is 70.9 Å². The lowest BCUT2D eigenvalue weighted by Crippen LogP contribution is -2.49. The van der Waals surface area contributed by atoms with E-state index in [9.17, 15) is 57.5 Å². The summed E-state index contributed by atoms with van der Waals surface area (Å²) in [7, 11) is 2.96. The topological polar surface area (TPSA) is 349 Å². The molecule has 3 aliphatic rings. The van der Waals surface area contributed by atoms with Crippen LogP contribution in [0.4, 0.5) is 14.4 Å². The first-order valence-corrected chi connectivity index (χ1v) is 33.1. The quantitative estimate of drug-likeness (QED) is 0.0338. The van der Waals surface area contributed by atoms with Crippen molar-refractivity contribution in [2.45, 2.75) is 208 Å². The average molecular weight is 1290 g/mol. The molecule has 0 aliphatic carbocycles. The molecule has 24 heteroatoms. The first-order valence-electron chi connectivity index (χ1n) is 33.1. The maximum Gasteiger partial charge on any atom is 0.315 e. The molecule has 0 radical (unpaired) electrons. The number of hydrogen-bond acceptors (Lipinski definition) is 12. The van der Waals surface area contributed by atoms with Crippen LogP contribution < -0.4 is 63.8 Å². The first kappa shape index (κ1) is 82.1. The van der Waals surface area contributed by atoms with Gasteiger partial charge in [-0.15, -0.1) is 0 Å². The van der Waals surface area contributed by atoms with E-state index in [0.717, 1.165) is 12.8 Å². The molecule has 0 saturated heterocycles. The van der Waals surface area contributed by atoms with Crippen LogP contribution in [-0.2, 0) is 43.2 Å². The van der Waals surface area contributed by atoms with Crippen molar-refractivity contribution in [2.24, 2.45) is 35.5 Å². The lowest BCUT2D eigenvalue weighted by molar-refractivity contribution is -0.129. The van der Waals surface area contributed by atoms with E-state index in [4.69, 9.17) is 0 Å². The minimum atomic E-state index is -0.679. The maximum atomic E-state index is 13.2. The van der Waals surface area contributed by atoms with Crippen LogP contribution in [0.5, 0.6) is 0 Å². The standard InChI is InChI=1S/C30H52N4O4.2C19H30N4O4/c1-5-6-7-8-9-10-11-12-13-15-21-32-30(38)34-28(23(2)3)26(35)22-25-17-14-16-20-31-27(36)19-18-24(4)33-29(25)37;2*1-12(2)17(23-19(27)20-4)15(24)11-14-7-5-6-10-21-16(25)9-8-13(3)22-18(14)26/h14,17-19,23-25,28H,5-13,15-16,20-22H2,1-4H3,(H,31,36)(H,33,37)(H2,32,34,38);2*5,7-9,12-14,17H,6,10-11H2,1-4H3,(H,21,25)(H,22,26)(H2,20,23,27)/b17-14+,19-18+;2*7-5+,9-8+/t24-,25+,28-;13-,14+,17?;13-,14+,17+/m000/s1. The van der Waals surface area contributed by atoms with E-state index < -0.39 is 47.9 Å². The third-order valence-electron chi connectivity index (χ3n) is 15.1. The van der Waals surface area contributed by atoms with Crippen molar-refractivity contribution < 1.29 is 57.5 Å². The number of amides is 12. The Hall–Kier alpha value is -7.92. The number of hydrogen-bond donors (Lipinski definition) is 12. The van der Waals surface area contributed by atoms with Crippen LogP contribution in [0, 0.1) is 35.5 Å². The van der Waals surface area contributed by atoms with E-state index in [1.54, 1.807) is 69.4 Å². The Morgan fingerprint density at radius 1 is 0.424 bits per heavy atom. The summed E-state index contributed by atoms with van der Waals surface area (Å²) in [5.41, 5.74) is 0. The van der Waals surface area contributed by atoms with Gasteiger partial charge in [0.25, 0.3) is 0 Å². The Balaban J connectivity index is 0.000000706. The summed E-state index contributed by atoms with van der Waals surface area (Å²) >= 11 is 0. The molecule has 3 rings (SSSR count). The number of urea groups is 3. The van der Waals surface area contributed by atoms with Gasteiger partial charge in [-0.25, -0.2) is 14.4 Å². The van der Waals surface area contributed by atoms with Gasteiger partial charge in [0.05, 0.1) is 35.9 Å². The van der Waals surface area contributed by atoms with Gasteiger partial charge < -0.3 is 63.8 Å². The lowest BCUT2D eigenvalue weighted by atomic mass is 9.91. The molecule has 24 nitrogen and oxygen atoms in total. The fourth-order valence-electron chi connectivity index (χ4n) is 9.69. The van der Waals surface area contributed by atoms with Crippen molar-refractivity contribution in [1.29, 1.82) is 0 Å². The van der Waals surface area contributed by atoms with Gasteiger partial charge in [-0.2, -0.15) is 0 Å². The molecule has 3 aliphatic heterocycles. The van der Waals surface area contributed by atoms with Crippen molar-refractivity contribution in [3.05, 3.63) is 72.9 Å². The Kier molecular flexibility index (Phi) is 42.8. The lowest BCUT2D eigenvalue weighted by Gasteiger charge is -2.23. The van der Waals surface area contributed by atoms with Gasteiger partial charge in [-0.3, -0.25) is 43.2 Å². The average Bonchev–Trinajstić information content (AvgIpc) is 1.89. The predicted molar refractivity (Wildman–Crippen MR) is 359 cm³/mol. The Bertz CT molecular complexity index is 2440. The van der Waals surface area contributed by atoms with Gasteiger partial charge in [0.2, 0.25) is 35.4 Å². The van der Waals surface area contributed by atoms with Crippen LogP contribution in [0.2, 0.25) is 0 Å². The summed E-state index contributed by atoms with van der Waals surface area (Å²) in [6.07, 6.45) is 33.4. The summed E-state index contributed by atoms with van der Waals surface area (Å²) < 4.78 is 0. The molecular weight excluding hydrogens is 1180 g/mol. The van der Waals surface area contributed by atoms with Crippen molar-refractivity contribution in [2.75, 3.05) is 40.3 Å². The maximum absolute atomic E-state index is 13.2. The van der Waals surface area contributed by atoms with Gasteiger partial charge in [-0.05, 0) is 64.2 Å². The molecule has 12 N–H and O–H groups in total. The SMILES string of the molecule is CCCCCCCCCCCCNC(=O)N[C@H](C(=O)C[C@H]1/C=C/CCNC(=O)/C=C/[C@H](C)NC1=O)C(C)C.CNC(=O)NC(C(=O)C[C@H]1/C=C/CCNC(=O)/C=C/[C@H](C)NC1=O)C(C)C.CNC(=O)N[C@@H](C(=O)C[C@H]1/C=C/CCNC(=O)/C=C/[C@H](C)NC1=O)C(C)C. The fraction of sp³-hybridized carbons (Fsp3) is 0.647. The number of carbonyl (C=O) groups is 12. The predicted octanol–water partition coefficient (Wildman–Crippen LogP) is 6.25. The smallest absolute Gasteiger partial charge is 0.315 e. The van der Waals surface area contributed by atoms with Crippen molar-refractivity contribution in [3.8, 4) is 0 Å². The number of unbranched alkanes of at least 4 members (excludes halogenated alkanes) is 9. The van der Waals surface area contributed by atoms with E-state index >= 15 is 0 Å². The van der Waals surface area contributed by atoms with Crippen LogP contribution >= 0.6 is 0 Å². The van der Waals surface area contributed by atoms with Gasteiger partial charge in [0.15, 0.2) is 17.3 Å². The van der Waals surface area contributed by atoms with E-state index in [1.807, 2.05) is 47.6 Å². The molecule has 516 valence electrons. The largest absolute Gasteiger partial charge is 0.352 e. The highest BCUT2D eigenvalue weighted by Crippen LogP contribution is 2.18. The second kappa shape index (κ2) is 47.9. The van der Waals surface area contributed by atoms with Gasteiger partial charge >= 0.3 is 18.1 Å². The van der Waals surface area contributed by atoms with E-state index in [2.05, 4.69) is 70.7 Å². The molecule has 0 aromatic rings. The number of carbonyl (C=O) groups excluding carboxylic acids is 12. The van der Waals surface area contributed by atoms with Crippen molar-refractivity contribution in [3.63, 3.8) is 0 Å². The zero-order valence-corrected chi connectivity index (χ0v) is 56.9. The molecular formula is C68H112N12O12. The monoisotopic (exact) mass is 1290 g/mol. The zero-order chi connectivity index (χ0) is 69.0. The fourth-order valence-corrected chi connectivity index (χ4v) is 9.69. The number of Topliss-reactive ketones (excluding diaryl/α,β-unsaturated/α-hetero) is 3. The molecule has 0 fully saturated rings. The number of nitrogens with one attached hydrogen (secondary N) is 12. The Morgan fingerprint density at radius 3 is 0.989 bits per heavy atom. The highest BCUT2D eigenvalue weighted by atomic mass is 16.2. The third-order valence-corrected chi connectivity index (χ3v) is 15.1.